The third-order valence-corrected chi connectivity index (χ3v) is 6.12. The van der Waals surface area contributed by atoms with E-state index in [9.17, 15) is 14.7 Å². The fraction of sp³-hybridized carbons (Fsp3) is 0.455. The molecule has 1 aromatic carbocycles. The maximum Gasteiger partial charge on any atom is 0.222 e. The van der Waals surface area contributed by atoms with Gasteiger partial charge in [0.15, 0.2) is 0 Å². The fourth-order valence-electron chi connectivity index (χ4n) is 3.51. The summed E-state index contributed by atoms with van der Waals surface area (Å²) in [5.41, 5.74) is 2.28. The number of benzene rings is 1. The number of thiophene rings is 1. The van der Waals surface area contributed by atoms with Crippen LogP contribution >= 0.6 is 11.3 Å². The van der Waals surface area contributed by atoms with Crippen LogP contribution in [0.2, 0.25) is 0 Å². The van der Waals surface area contributed by atoms with Gasteiger partial charge in [0, 0.05) is 38.0 Å². The molecule has 3 rings (SSSR count). The van der Waals surface area contributed by atoms with Gasteiger partial charge < -0.3 is 15.7 Å². The molecule has 1 fully saturated rings. The molecule has 1 aliphatic heterocycles. The summed E-state index contributed by atoms with van der Waals surface area (Å²) in [6, 6.07) is 11.8. The second-order valence-corrected chi connectivity index (χ2v) is 8.55. The van der Waals surface area contributed by atoms with Crippen LogP contribution in [0.25, 0.3) is 0 Å². The molecule has 2 amide bonds. The maximum atomic E-state index is 12.4. The van der Waals surface area contributed by atoms with Gasteiger partial charge in [-0.25, -0.2) is 0 Å². The Hall–Kier alpha value is -2.22. The molecule has 2 aromatic rings. The van der Waals surface area contributed by atoms with Crippen molar-refractivity contribution < 1.29 is 14.7 Å². The smallest absolute Gasteiger partial charge is 0.222 e. The first-order valence-corrected chi connectivity index (χ1v) is 10.9. The van der Waals surface area contributed by atoms with Crippen LogP contribution < -0.4 is 10.6 Å². The fourth-order valence-corrected chi connectivity index (χ4v) is 4.29. The molecule has 6 nitrogen and oxygen atoms in total. The van der Waals surface area contributed by atoms with Crippen molar-refractivity contribution in [3.8, 4) is 0 Å². The Morgan fingerprint density at radius 1 is 1.17 bits per heavy atom. The van der Waals surface area contributed by atoms with Crippen LogP contribution in [0.3, 0.4) is 0 Å². The molecule has 0 saturated carbocycles. The first kappa shape index (κ1) is 21.5. The van der Waals surface area contributed by atoms with Crippen molar-refractivity contribution >= 4 is 23.2 Å². The summed E-state index contributed by atoms with van der Waals surface area (Å²) in [6.45, 7) is 4.67. The van der Waals surface area contributed by atoms with E-state index in [1.807, 2.05) is 29.6 Å². The summed E-state index contributed by atoms with van der Waals surface area (Å²) >= 11 is 1.53. The lowest BCUT2D eigenvalue weighted by molar-refractivity contribution is -0.122. The van der Waals surface area contributed by atoms with Crippen LogP contribution in [-0.2, 0) is 22.7 Å². The minimum Gasteiger partial charge on any atom is -0.393 e. The second kappa shape index (κ2) is 10.5. The van der Waals surface area contributed by atoms with Crippen molar-refractivity contribution in [1.29, 1.82) is 0 Å². The number of hydrogen-bond acceptors (Lipinski definition) is 5. The van der Waals surface area contributed by atoms with E-state index in [0.717, 1.165) is 42.9 Å². The molecule has 1 saturated heterocycles. The Morgan fingerprint density at radius 2 is 1.86 bits per heavy atom. The number of piperidine rings is 1. The topological polar surface area (TPSA) is 81.7 Å². The molecule has 7 heteroatoms. The summed E-state index contributed by atoms with van der Waals surface area (Å²) in [4.78, 5) is 27.2. The number of amides is 2. The molecule has 29 heavy (non-hydrogen) atoms. The number of carbonyl (C=O) groups is 2. The van der Waals surface area contributed by atoms with E-state index in [1.165, 1.54) is 23.8 Å². The van der Waals surface area contributed by atoms with Crippen LogP contribution in [0.15, 0.2) is 41.8 Å². The molecular formula is C22H29N3O3S. The van der Waals surface area contributed by atoms with Crippen molar-refractivity contribution in [3.63, 3.8) is 0 Å². The van der Waals surface area contributed by atoms with E-state index in [0.29, 0.717) is 6.54 Å². The summed E-state index contributed by atoms with van der Waals surface area (Å²) in [5, 5.41) is 17.3. The lowest BCUT2D eigenvalue weighted by atomic mass is 10.1. The number of likely N-dealkylation sites (tertiary alicyclic amines) is 1. The Bertz CT molecular complexity index is 784. The summed E-state index contributed by atoms with van der Waals surface area (Å²) < 4.78 is 0. The van der Waals surface area contributed by atoms with E-state index in [1.54, 1.807) is 0 Å². The molecule has 156 valence electrons. The Morgan fingerprint density at radius 3 is 2.48 bits per heavy atom. The third kappa shape index (κ3) is 6.96. The first-order chi connectivity index (χ1) is 14.0. The van der Waals surface area contributed by atoms with Gasteiger partial charge in [-0.3, -0.25) is 14.5 Å². The van der Waals surface area contributed by atoms with Gasteiger partial charge in [0.25, 0.3) is 0 Å². The molecule has 0 spiro atoms. The highest BCUT2D eigenvalue weighted by Gasteiger charge is 2.18. The zero-order valence-electron chi connectivity index (χ0n) is 16.8. The van der Waals surface area contributed by atoms with E-state index in [2.05, 4.69) is 27.7 Å². The Kier molecular flexibility index (Phi) is 7.80. The second-order valence-electron chi connectivity index (χ2n) is 7.57. The van der Waals surface area contributed by atoms with Crippen molar-refractivity contribution in [1.82, 2.24) is 15.5 Å². The van der Waals surface area contributed by atoms with Crippen molar-refractivity contribution in [3.05, 3.63) is 57.8 Å². The predicted molar refractivity (Wildman–Crippen MR) is 114 cm³/mol. The van der Waals surface area contributed by atoms with Crippen molar-refractivity contribution in [2.24, 2.45) is 0 Å². The SMILES string of the molecule is CC(=O)NC(CC(=O)NCc1ccc(CN2CCC(O)CC2)cc1)c1cccs1. The van der Waals surface area contributed by atoms with E-state index in [4.69, 9.17) is 0 Å². The number of nitrogens with one attached hydrogen (secondary N) is 2. The number of aliphatic hydroxyl groups excluding tert-OH is 1. The number of nitrogens with zero attached hydrogens (tertiary/aromatic N) is 1. The monoisotopic (exact) mass is 415 g/mol. The normalized spacial score (nSPS) is 16.3. The van der Waals surface area contributed by atoms with Gasteiger partial charge in [0.1, 0.15) is 0 Å². The van der Waals surface area contributed by atoms with E-state index >= 15 is 0 Å². The number of aliphatic hydroxyl groups is 1. The van der Waals surface area contributed by atoms with Crippen LogP contribution in [0.5, 0.6) is 0 Å². The van der Waals surface area contributed by atoms with E-state index < -0.39 is 0 Å². The summed E-state index contributed by atoms with van der Waals surface area (Å²) in [7, 11) is 0. The molecule has 0 aliphatic carbocycles. The van der Waals surface area contributed by atoms with Gasteiger partial charge in [-0.2, -0.15) is 0 Å². The molecule has 0 radical (unpaired) electrons. The quantitative estimate of drug-likeness (QED) is 0.619. The number of carbonyl (C=O) groups excluding carboxylic acids is 2. The molecule has 1 atom stereocenters. The van der Waals surface area contributed by atoms with Crippen LogP contribution in [0, 0.1) is 0 Å². The van der Waals surface area contributed by atoms with E-state index in [-0.39, 0.29) is 30.4 Å². The predicted octanol–water partition coefficient (Wildman–Crippen LogP) is 2.59. The summed E-state index contributed by atoms with van der Waals surface area (Å²) in [6.07, 6.45) is 1.76. The van der Waals surface area contributed by atoms with Crippen molar-refractivity contribution in [2.45, 2.75) is 51.4 Å². The third-order valence-electron chi connectivity index (χ3n) is 5.13. The zero-order chi connectivity index (χ0) is 20.6. The first-order valence-electron chi connectivity index (χ1n) is 10.0. The van der Waals surface area contributed by atoms with Crippen molar-refractivity contribution in [2.75, 3.05) is 13.1 Å². The van der Waals surface area contributed by atoms with Gasteiger partial charge in [-0.1, -0.05) is 30.3 Å². The average molecular weight is 416 g/mol. The highest BCUT2D eigenvalue weighted by Crippen LogP contribution is 2.22. The molecule has 0 bridgehead atoms. The minimum atomic E-state index is -0.294. The standard InChI is InChI=1S/C22H29N3O3S/c1-16(26)24-20(21-3-2-12-29-21)13-22(28)23-14-17-4-6-18(7-5-17)15-25-10-8-19(27)9-11-25/h2-7,12,19-20,27H,8-11,13-15H2,1H3,(H,23,28)(H,24,26). The van der Waals surface area contributed by atoms with Gasteiger partial charge in [0.2, 0.25) is 11.8 Å². The molecule has 2 heterocycles. The van der Waals surface area contributed by atoms with Crippen LogP contribution in [0.4, 0.5) is 0 Å². The van der Waals surface area contributed by atoms with Gasteiger partial charge in [-0.05, 0) is 35.4 Å². The highest BCUT2D eigenvalue weighted by molar-refractivity contribution is 7.10. The van der Waals surface area contributed by atoms with Gasteiger partial charge in [-0.15, -0.1) is 11.3 Å². The zero-order valence-corrected chi connectivity index (χ0v) is 17.6. The van der Waals surface area contributed by atoms with Crippen LogP contribution in [0.1, 0.15) is 48.2 Å². The largest absolute Gasteiger partial charge is 0.393 e. The maximum absolute atomic E-state index is 12.4. The lowest BCUT2D eigenvalue weighted by Crippen LogP contribution is -2.35. The molecular weight excluding hydrogens is 386 g/mol. The highest BCUT2D eigenvalue weighted by atomic mass is 32.1. The Balaban J connectivity index is 1.46. The van der Waals surface area contributed by atoms with Gasteiger partial charge >= 0.3 is 0 Å². The number of rotatable bonds is 8. The van der Waals surface area contributed by atoms with Gasteiger partial charge in [0.05, 0.1) is 18.6 Å². The minimum absolute atomic E-state index is 0.0897. The Labute approximate surface area is 175 Å². The molecule has 3 N–H and O–H groups in total. The molecule has 1 unspecified atom stereocenters. The lowest BCUT2D eigenvalue weighted by Gasteiger charge is -2.29. The number of hydrogen-bond donors (Lipinski definition) is 3. The average Bonchev–Trinajstić information content (AvgIpc) is 3.23. The summed E-state index contributed by atoms with van der Waals surface area (Å²) in [5.74, 6) is -0.233. The molecule has 1 aromatic heterocycles. The molecule has 1 aliphatic rings. The van der Waals surface area contributed by atoms with Crippen LogP contribution in [-0.4, -0.2) is 41.0 Å².